The van der Waals surface area contributed by atoms with Gasteiger partial charge in [0.05, 0.1) is 17.6 Å². The van der Waals surface area contributed by atoms with E-state index < -0.39 is 23.2 Å². The van der Waals surface area contributed by atoms with Gasteiger partial charge in [-0.3, -0.25) is 4.79 Å². The minimum absolute atomic E-state index is 0.0123. The topological polar surface area (TPSA) is 108 Å². The van der Waals surface area contributed by atoms with Gasteiger partial charge in [-0.1, -0.05) is 13.3 Å². The van der Waals surface area contributed by atoms with Crippen LogP contribution in [0.1, 0.15) is 51.3 Å². The number of hydrogen-bond donors (Lipinski definition) is 1. The Hall–Kier alpha value is -2.90. The summed E-state index contributed by atoms with van der Waals surface area (Å²) in [5.74, 6) is -0.884. The molecule has 0 radical (unpaired) electrons. The van der Waals surface area contributed by atoms with Crippen molar-refractivity contribution >= 4 is 23.2 Å². The van der Waals surface area contributed by atoms with Gasteiger partial charge in [-0.25, -0.2) is 14.6 Å². The van der Waals surface area contributed by atoms with E-state index in [4.69, 9.17) is 9.47 Å². The van der Waals surface area contributed by atoms with E-state index in [0.29, 0.717) is 30.4 Å². The lowest BCUT2D eigenvalue weighted by molar-refractivity contribution is -0.169. The molecule has 28 heavy (non-hydrogen) atoms. The van der Waals surface area contributed by atoms with Gasteiger partial charge < -0.3 is 19.1 Å². The van der Waals surface area contributed by atoms with E-state index in [1.165, 1.54) is 6.20 Å². The maximum absolute atomic E-state index is 13.3. The SMILES string of the molecule is CCCCC(OC(=O)O)(C(=O)OCC)c1cn(CC)c2nc(C)ccc2c1=O. The first-order valence-corrected chi connectivity index (χ1v) is 9.41. The molecule has 2 aromatic heterocycles. The zero-order valence-electron chi connectivity index (χ0n) is 16.7. The number of ether oxygens (including phenoxy) is 2. The number of nitrogens with zero attached hydrogens (tertiary/aromatic N) is 2. The van der Waals surface area contributed by atoms with E-state index >= 15 is 0 Å². The molecule has 2 rings (SSSR count). The molecule has 1 N–H and O–H groups in total. The molecule has 8 nitrogen and oxygen atoms in total. The Kier molecular flexibility index (Phi) is 6.77. The summed E-state index contributed by atoms with van der Waals surface area (Å²) in [4.78, 5) is 42.1. The van der Waals surface area contributed by atoms with Crippen LogP contribution in [0.15, 0.2) is 23.1 Å². The molecular weight excluding hydrogens is 364 g/mol. The van der Waals surface area contributed by atoms with E-state index in [-0.39, 0.29) is 18.6 Å². The number of hydrogen-bond acceptors (Lipinski definition) is 6. The van der Waals surface area contributed by atoms with Crippen LogP contribution in [0, 0.1) is 6.92 Å². The zero-order chi connectivity index (χ0) is 20.9. The van der Waals surface area contributed by atoms with Gasteiger partial charge in [-0.15, -0.1) is 0 Å². The summed E-state index contributed by atoms with van der Waals surface area (Å²) in [6, 6.07) is 3.33. The van der Waals surface area contributed by atoms with Crippen molar-refractivity contribution in [1.82, 2.24) is 9.55 Å². The van der Waals surface area contributed by atoms with Crippen molar-refractivity contribution in [3.05, 3.63) is 39.8 Å². The zero-order valence-corrected chi connectivity index (χ0v) is 16.7. The highest BCUT2D eigenvalue weighted by Crippen LogP contribution is 2.33. The molecule has 0 aliphatic carbocycles. The fourth-order valence-corrected chi connectivity index (χ4v) is 3.21. The summed E-state index contributed by atoms with van der Waals surface area (Å²) in [7, 11) is 0. The quantitative estimate of drug-likeness (QED) is 0.689. The van der Waals surface area contributed by atoms with Crippen LogP contribution in [-0.4, -0.2) is 33.4 Å². The molecule has 0 saturated carbocycles. The van der Waals surface area contributed by atoms with Crippen LogP contribution in [0.2, 0.25) is 0 Å². The van der Waals surface area contributed by atoms with Crippen LogP contribution in [0.25, 0.3) is 11.0 Å². The molecule has 0 aliphatic rings. The Morgan fingerprint density at radius 1 is 1.25 bits per heavy atom. The molecule has 0 amide bonds. The molecule has 152 valence electrons. The Balaban J connectivity index is 2.87. The van der Waals surface area contributed by atoms with Crippen LogP contribution >= 0.6 is 0 Å². The molecule has 0 aromatic carbocycles. The Labute approximate surface area is 163 Å². The number of carboxylic acid groups (broad SMARTS) is 1. The normalized spacial score (nSPS) is 13.1. The number of rotatable bonds is 8. The summed E-state index contributed by atoms with van der Waals surface area (Å²) in [5.41, 5.74) is -1.35. The number of fused-ring (bicyclic) bond motifs is 1. The third kappa shape index (κ3) is 4.00. The van der Waals surface area contributed by atoms with Gasteiger partial charge in [-0.05, 0) is 39.3 Å². The predicted octanol–water partition coefficient (Wildman–Crippen LogP) is 3.37. The summed E-state index contributed by atoms with van der Waals surface area (Å²) in [5, 5.41) is 9.64. The molecule has 0 bridgehead atoms. The molecule has 2 heterocycles. The molecule has 0 spiro atoms. The van der Waals surface area contributed by atoms with Gasteiger partial charge in [0.25, 0.3) is 0 Å². The van der Waals surface area contributed by atoms with Crippen LogP contribution in [-0.2, 0) is 26.4 Å². The molecular formula is C20H26N2O6. The molecule has 1 atom stereocenters. The van der Waals surface area contributed by atoms with Crippen molar-refractivity contribution in [2.75, 3.05) is 6.61 Å². The lowest BCUT2D eigenvalue weighted by atomic mass is 9.88. The molecule has 1 unspecified atom stereocenters. The fourth-order valence-electron chi connectivity index (χ4n) is 3.21. The van der Waals surface area contributed by atoms with E-state index in [0.717, 1.165) is 5.69 Å². The summed E-state index contributed by atoms with van der Waals surface area (Å²) in [6.45, 7) is 7.70. The van der Waals surface area contributed by atoms with E-state index in [1.807, 2.05) is 20.8 Å². The number of unbranched alkanes of at least 4 members (excludes halogenated alkanes) is 1. The first-order chi connectivity index (χ1) is 13.3. The number of carbonyl (C=O) groups is 2. The molecule has 0 saturated heterocycles. The Morgan fingerprint density at radius 2 is 1.96 bits per heavy atom. The van der Waals surface area contributed by atoms with Crippen molar-refractivity contribution in [3.63, 3.8) is 0 Å². The first-order valence-electron chi connectivity index (χ1n) is 9.41. The highest BCUT2D eigenvalue weighted by molar-refractivity contribution is 5.86. The van der Waals surface area contributed by atoms with Crippen molar-refractivity contribution in [1.29, 1.82) is 0 Å². The highest BCUT2D eigenvalue weighted by Gasteiger charge is 2.48. The van der Waals surface area contributed by atoms with Crippen LogP contribution in [0.5, 0.6) is 0 Å². The second-order valence-electron chi connectivity index (χ2n) is 6.50. The number of pyridine rings is 2. The van der Waals surface area contributed by atoms with Gasteiger partial charge in [-0.2, -0.15) is 0 Å². The summed E-state index contributed by atoms with van der Waals surface area (Å²) >= 11 is 0. The van der Waals surface area contributed by atoms with Gasteiger partial charge in [0.2, 0.25) is 5.60 Å². The lowest BCUT2D eigenvalue weighted by Crippen LogP contribution is -2.45. The third-order valence-corrected chi connectivity index (χ3v) is 4.59. The Morgan fingerprint density at radius 3 is 2.54 bits per heavy atom. The van der Waals surface area contributed by atoms with Crippen molar-refractivity contribution < 1.29 is 24.2 Å². The Bertz CT molecular complexity index is 936. The van der Waals surface area contributed by atoms with Crippen LogP contribution in [0.4, 0.5) is 4.79 Å². The third-order valence-electron chi connectivity index (χ3n) is 4.59. The largest absolute Gasteiger partial charge is 0.507 e. The minimum atomic E-state index is -2.02. The molecule has 8 heteroatoms. The number of aryl methyl sites for hydroxylation is 2. The maximum Gasteiger partial charge on any atom is 0.507 e. The average molecular weight is 390 g/mol. The highest BCUT2D eigenvalue weighted by atomic mass is 16.7. The van der Waals surface area contributed by atoms with Crippen molar-refractivity contribution in [2.24, 2.45) is 0 Å². The molecule has 2 aromatic rings. The smallest absolute Gasteiger partial charge is 0.463 e. The summed E-state index contributed by atoms with van der Waals surface area (Å²) < 4.78 is 11.9. The number of aromatic nitrogens is 2. The van der Waals surface area contributed by atoms with Crippen LogP contribution in [0.3, 0.4) is 0 Å². The van der Waals surface area contributed by atoms with Gasteiger partial charge in [0.1, 0.15) is 5.65 Å². The van der Waals surface area contributed by atoms with E-state index in [2.05, 4.69) is 4.98 Å². The van der Waals surface area contributed by atoms with E-state index in [1.54, 1.807) is 23.6 Å². The first kappa shape index (κ1) is 21.4. The number of esters is 1. The molecule has 0 fully saturated rings. The van der Waals surface area contributed by atoms with Crippen molar-refractivity contribution in [2.45, 2.75) is 59.1 Å². The minimum Gasteiger partial charge on any atom is -0.463 e. The summed E-state index contributed by atoms with van der Waals surface area (Å²) in [6.07, 6.45) is 0.988. The standard InChI is InChI=1S/C20H26N2O6/c1-5-8-11-20(28-19(25)26,18(24)27-7-3)15-12-22(6-2)17-14(16(15)23)10-9-13(4)21-17/h9-10,12H,5-8,11H2,1-4H3,(H,25,26). The van der Waals surface area contributed by atoms with Gasteiger partial charge in [0, 0.05) is 24.9 Å². The second-order valence-corrected chi connectivity index (χ2v) is 6.50. The van der Waals surface area contributed by atoms with Gasteiger partial charge >= 0.3 is 12.1 Å². The lowest BCUT2D eigenvalue weighted by Gasteiger charge is -2.30. The van der Waals surface area contributed by atoms with Gasteiger partial charge in [0.15, 0.2) is 5.43 Å². The average Bonchev–Trinajstić information content (AvgIpc) is 2.65. The monoisotopic (exact) mass is 390 g/mol. The van der Waals surface area contributed by atoms with Crippen LogP contribution < -0.4 is 5.43 Å². The van der Waals surface area contributed by atoms with Crippen molar-refractivity contribution in [3.8, 4) is 0 Å². The maximum atomic E-state index is 13.3. The molecule has 0 aliphatic heterocycles. The predicted molar refractivity (Wildman–Crippen MR) is 103 cm³/mol. The second kappa shape index (κ2) is 8.86. The number of carbonyl (C=O) groups excluding carboxylic acids is 1. The van der Waals surface area contributed by atoms with E-state index in [9.17, 15) is 19.5 Å². The fraction of sp³-hybridized carbons (Fsp3) is 0.500.